The van der Waals surface area contributed by atoms with E-state index in [-0.39, 0.29) is 17.8 Å². The molecule has 1 N–H and O–H groups in total. The minimum absolute atomic E-state index is 0.0560. The van der Waals surface area contributed by atoms with E-state index in [2.05, 4.69) is 4.98 Å². The Labute approximate surface area is 188 Å². The summed E-state index contributed by atoms with van der Waals surface area (Å²) in [7, 11) is 5.20. The maximum absolute atomic E-state index is 13.0. The summed E-state index contributed by atoms with van der Waals surface area (Å²) in [6.45, 7) is 2.37. The van der Waals surface area contributed by atoms with E-state index in [4.69, 9.17) is 9.90 Å². The number of nitrogens with zero attached hydrogens (tertiary/aromatic N) is 5. The molecule has 10 nitrogen and oxygen atoms in total. The number of carboxylic acids is 1. The van der Waals surface area contributed by atoms with Crippen LogP contribution in [0.1, 0.15) is 16.8 Å². The van der Waals surface area contributed by atoms with Crippen molar-refractivity contribution in [2.75, 3.05) is 53.9 Å². The largest absolute Gasteiger partial charge is 0.490 e. The van der Waals surface area contributed by atoms with Crippen molar-refractivity contribution in [3.8, 4) is 0 Å². The Morgan fingerprint density at radius 3 is 2.03 bits per heavy atom. The van der Waals surface area contributed by atoms with Gasteiger partial charge in [-0.2, -0.15) is 13.2 Å². The van der Waals surface area contributed by atoms with Crippen LogP contribution < -0.4 is 0 Å². The van der Waals surface area contributed by atoms with Gasteiger partial charge in [-0.3, -0.25) is 14.6 Å². The molecular weight excluding hydrogens is 447 g/mol. The third kappa shape index (κ3) is 6.56. The fraction of sp³-hybridized carbons (Fsp3) is 0.550. The van der Waals surface area contributed by atoms with Crippen molar-refractivity contribution < 1.29 is 37.5 Å². The molecule has 0 aromatic carbocycles. The van der Waals surface area contributed by atoms with Crippen molar-refractivity contribution in [2.24, 2.45) is 5.41 Å². The molecule has 33 heavy (non-hydrogen) atoms. The molecule has 2 saturated heterocycles. The summed E-state index contributed by atoms with van der Waals surface area (Å²) in [5.74, 6) is -2.79. The van der Waals surface area contributed by atoms with Gasteiger partial charge in [0.1, 0.15) is 0 Å². The molecule has 2 aliphatic heterocycles. The Morgan fingerprint density at radius 2 is 1.58 bits per heavy atom. The maximum Gasteiger partial charge on any atom is 0.490 e. The zero-order chi connectivity index (χ0) is 25.0. The fourth-order valence-corrected chi connectivity index (χ4v) is 3.87. The van der Waals surface area contributed by atoms with Crippen molar-refractivity contribution in [1.29, 1.82) is 0 Å². The molecule has 0 saturated carbocycles. The first-order valence-corrected chi connectivity index (χ1v) is 9.95. The first kappa shape index (κ1) is 25.9. The molecule has 1 aromatic heterocycles. The van der Waals surface area contributed by atoms with Crippen LogP contribution >= 0.6 is 0 Å². The maximum atomic E-state index is 13.0. The Morgan fingerprint density at radius 1 is 1.06 bits per heavy atom. The Balaban J connectivity index is 0.000000479. The highest BCUT2D eigenvalue weighted by molar-refractivity contribution is 5.94. The van der Waals surface area contributed by atoms with E-state index in [9.17, 15) is 27.6 Å². The molecule has 2 aliphatic rings. The second-order valence-electron chi connectivity index (χ2n) is 8.29. The highest BCUT2D eigenvalue weighted by atomic mass is 19.4. The van der Waals surface area contributed by atoms with Crippen molar-refractivity contribution in [3.05, 3.63) is 30.1 Å². The number of urea groups is 1. The van der Waals surface area contributed by atoms with Crippen LogP contribution in [0.4, 0.5) is 18.0 Å². The van der Waals surface area contributed by atoms with Crippen LogP contribution in [0, 0.1) is 5.41 Å². The van der Waals surface area contributed by atoms with Gasteiger partial charge >= 0.3 is 18.2 Å². The summed E-state index contributed by atoms with van der Waals surface area (Å²) in [5.41, 5.74) is 0.136. The number of hydrogen-bond donors (Lipinski definition) is 1. The summed E-state index contributed by atoms with van der Waals surface area (Å²) < 4.78 is 31.7. The van der Waals surface area contributed by atoms with E-state index in [0.717, 1.165) is 0 Å². The lowest BCUT2D eigenvalue weighted by Crippen LogP contribution is -2.47. The molecule has 13 heteroatoms. The Kier molecular flexibility index (Phi) is 7.88. The van der Waals surface area contributed by atoms with E-state index in [1.54, 1.807) is 60.4 Å². The summed E-state index contributed by atoms with van der Waals surface area (Å²) in [6.07, 6.45) is -1.55. The molecule has 0 radical (unpaired) electrons. The zero-order valence-corrected chi connectivity index (χ0v) is 18.5. The molecule has 182 valence electrons. The standard InChI is InChI=1S/C18H25N5O3.C2HF3O2/c1-20(2)17(26)23-9-8-22(16(25)14-4-6-19-7-5-14)12-18(13-23)10-15(24)21(3)11-18;3-2(4,5)1(6)7/h4-7H,8-13H2,1-3H3;(H,6,7). The predicted molar refractivity (Wildman–Crippen MR) is 109 cm³/mol. The zero-order valence-electron chi connectivity index (χ0n) is 18.5. The number of halogens is 3. The molecule has 0 bridgehead atoms. The van der Waals surface area contributed by atoms with E-state index >= 15 is 0 Å². The molecule has 1 unspecified atom stereocenters. The SMILES string of the molecule is CN(C)C(=O)N1CCN(C(=O)c2ccncc2)CC2(CC(=O)N(C)C2)C1.O=C(O)C(F)(F)F. The average Bonchev–Trinajstić information content (AvgIpc) is 2.90. The number of pyridine rings is 1. The van der Waals surface area contributed by atoms with Crippen molar-refractivity contribution in [2.45, 2.75) is 12.6 Å². The summed E-state index contributed by atoms with van der Waals surface area (Å²) in [5, 5.41) is 7.12. The van der Waals surface area contributed by atoms with Gasteiger partial charge < -0.3 is 24.7 Å². The first-order valence-electron chi connectivity index (χ1n) is 9.95. The lowest BCUT2D eigenvalue weighted by molar-refractivity contribution is -0.192. The number of amides is 4. The third-order valence-electron chi connectivity index (χ3n) is 5.33. The monoisotopic (exact) mass is 473 g/mol. The molecule has 4 amide bonds. The number of likely N-dealkylation sites (tertiary alicyclic amines) is 1. The highest BCUT2D eigenvalue weighted by Crippen LogP contribution is 2.35. The number of carboxylic acid groups (broad SMARTS) is 1. The molecule has 1 atom stereocenters. The molecule has 3 heterocycles. The smallest absolute Gasteiger partial charge is 0.475 e. The molecule has 3 rings (SSSR count). The second kappa shape index (κ2) is 10.0. The van der Waals surface area contributed by atoms with Crippen LogP contribution in [0.2, 0.25) is 0 Å². The van der Waals surface area contributed by atoms with Gasteiger partial charge in [-0.05, 0) is 12.1 Å². The molecule has 1 spiro atoms. The first-order chi connectivity index (χ1) is 15.3. The molecule has 1 aromatic rings. The van der Waals surface area contributed by atoms with Gasteiger partial charge in [0.05, 0.1) is 0 Å². The van der Waals surface area contributed by atoms with Crippen molar-refractivity contribution in [1.82, 2.24) is 24.6 Å². The van der Waals surface area contributed by atoms with E-state index in [0.29, 0.717) is 44.7 Å². The van der Waals surface area contributed by atoms with Gasteiger partial charge in [-0.1, -0.05) is 0 Å². The number of aliphatic carboxylic acids is 1. The van der Waals surface area contributed by atoms with E-state index in [1.165, 1.54) is 4.90 Å². The highest BCUT2D eigenvalue weighted by Gasteiger charge is 2.47. The van der Waals surface area contributed by atoms with Crippen LogP contribution in [0.3, 0.4) is 0 Å². The topological polar surface area (TPSA) is 114 Å². The predicted octanol–water partition coefficient (Wildman–Crippen LogP) is 1.00. The number of alkyl halides is 3. The Bertz CT molecular complexity index is 896. The minimum Gasteiger partial charge on any atom is -0.475 e. The van der Waals surface area contributed by atoms with Crippen LogP contribution in [0.5, 0.6) is 0 Å². The van der Waals surface area contributed by atoms with Crippen molar-refractivity contribution >= 4 is 23.8 Å². The summed E-state index contributed by atoms with van der Waals surface area (Å²) in [6, 6.07) is 3.29. The van der Waals surface area contributed by atoms with Gasteiger partial charge in [-0.25, -0.2) is 9.59 Å². The van der Waals surface area contributed by atoms with Crippen LogP contribution in [-0.4, -0.2) is 114 Å². The van der Waals surface area contributed by atoms with Gasteiger partial charge in [-0.15, -0.1) is 0 Å². The average molecular weight is 473 g/mol. The van der Waals surface area contributed by atoms with Gasteiger partial charge in [0.25, 0.3) is 5.91 Å². The van der Waals surface area contributed by atoms with Gasteiger partial charge in [0, 0.05) is 83.7 Å². The third-order valence-corrected chi connectivity index (χ3v) is 5.33. The fourth-order valence-electron chi connectivity index (χ4n) is 3.87. The second-order valence-corrected chi connectivity index (χ2v) is 8.29. The molecule has 2 fully saturated rings. The Hall–Kier alpha value is -3.38. The van der Waals surface area contributed by atoms with Gasteiger partial charge in [0.2, 0.25) is 5.91 Å². The lowest BCUT2D eigenvalue weighted by atomic mass is 9.86. The number of carbonyl (C=O) groups excluding carboxylic acids is 3. The normalized spacial score (nSPS) is 20.8. The number of carbonyl (C=O) groups is 4. The number of hydrogen-bond acceptors (Lipinski definition) is 5. The van der Waals surface area contributed by atoms with E-state index in [1.807, 2.05) is 0 Å². The number of rotatable bonds is 1. The molecule has 0 aliphatic carbocycles. The molecular formula is C20H26F3N5O5. The van der Waals surface area contributed by atoms with E-state index < -0.39 is 17.6 Å². The van der Waals surface area contributed by atoms with Crippen LogP contribution in [-0.2, 0) is 9.59 Å². The van der Waals surface area contributed by atoms with Crippen molar-refractivity contribution in [3.63, 3.8) is 0 Å². The van der Waals surface area contributed by atoms with Crippen LogP contribution in [0.25, 0.3) is 0 Å². The summed E-state index contributed by atoms with van der Waals surface area (Å²) >= 11 is 0. The lowest BCUT2D eigenvalue weighted by Gasteiger charge is -2.34. The minimum atomic E-state index is -5.08. The van der Waals surface area contributed by atoms with Gasteiger partial charge in [0.15, 0.2) is 0 Å². The summed E-state index contributed by atoms with van der Waals surface area (Å²) in [4.78, 5) is 57.3. The quantitative estimate of drug-likeness (QED) is 0.651. The number of aromatic nitrogens is 1. The van der Waals surface area contributed by atoms with Crippen LogP contribution in [0.15, 0.2) is 24.5 Å².